The van der Waals surface area contributed by atoms with Crippen LogP contribution < -0.4 is 37.9 Å². The van der Waals surface area contributed by atoms with Crippen molar-refractivity contribution in [2.75, 3.05) is 65.9 Å². The quantitative estimate of drug-likeness (QED) is 0.0121. The first-order valence-electron chi connectivity index (χ1n) is 56.2. The van der Waals surface area contributed by atoms with E-state index in [0.29, 0.717) is 187 Å². The maximum atomic E-state index is 18.0. The van der Waals surface area contributed by atoms with Gasteiger partial charge in [0.2, 0.25) is 0 Å². The van der Waals surface area contributed by atoms with Gasteiger partial charge in [-0.15, -0.1) is 0 Å². The Kier molecular flexibility index (Phi) is 47.9. The van der Waals surface area contributed by atoms with Crippen molar-refractivity contribution >= 4 is 136 Å². The number of carbonyl (C=O) groups excluding carboxylic acids is 4. The van der Waals surface area contributed by atoms with Crippen LogP contribution in [0.3, 0.4) is 0 Å². The fraction of sp³-hybridized carbons (Fsp3) is 0.607. The zero-order valence-electron chi connectivity index (χ0n) is 86.3. The molecule has 0 fully saturated rings. The summed E-state index contributed by atoms with van der Waals surface area (Å²) >= 11 is 28.8. The van der Waals surface area contributed by atoms with Gasteiger partial charge in [0.25, 0.3) is 23.6 Å². The van der Waals surface area contributed by atoms with Crippen LogP contribution in [0.1, 0.15) is 429 Å². The van der Waals surface area contributed by atoms with Gasteiger partial charge in [-0.1, -0.05) is 404 Å². The number of fused-ring (bicyclic) bond motifs is 2. The highest BCUT2D eigenvalue weighted by atomic mass is 35.6. The normalized spacial score (nSPS) is 16.6. The highest BCUT2D eigenvalue weighted by Gasteiger charge is 2.46. The molecule has 0 radical (unpaired) electrons. The highest BCUT2D eigenvalue weighted by Crippen LogP contribution is 2.59. The number of benzene rings is 9. The smallest absolute Gasteiger partial charge is 0.262 e. The third kappa shape index (κ3) is 31.0. The number of unbranched alkanes of at least 4 members (excludes halogenated alkanes) is 24. The summed E-state index contributed by atoms with van der Waals surface area (Å²) in [7, 11) is 0. The van der Waals surface area contributed by atoms with E-state index >= 15 is 19.2 Å². The molecule has 0 saturated carbocycles. The molecule has 14 bridgehead atoms. The average Bonchev–Trinajstić information content (AvgIpc) is 0.668. The number of nitrogens with zero attached hydrogens (tertiary/aromatic N) is 2. The van der Waals surface area contributed by atoms with Gasteiger partial charge in [0, 0.05) is 46.1 Å². The van der Waals surface area contributed by atoms with Gasteiger partial charge in [0.05, 0.1) is 97.4 Å². The van der Waals surface area contributed by atoms with Gasteiger partial charge in [-0.3, -0.25) is 29.0 Å². The van der Waals surface area contributed by atoms with Crippen LogP contribution in [0.15, 0.2) is 97.1 Å². The molecule has 20 heteroatoms. The van der Waals surface area contributed by atoms with Crippen molar-refractivity contribution in [2.45, 2.75) is 396 Å². The Morgan fingerprint density at radius 3 is 0.563 bits per heavy atom. The summed E-state index contributed by atoms with van der Waals surface area (Å²) in [6.45, 7) is 13.0. The van der Waals surface area contributed by atoms with E-state index in [1.807, 2.05) is 24.3 Å². The first-order chi connectivity index (χ1) is 69.7. The van der Waals surface area contributed by atoms with Crippen molar-refractivity contribution in [3.05, 3.63) is 119 Å². The molecule has 6 aliphatic rings. The first kappa shape index (κ1) is 112. The fourth-order valence-corrected chi connectivity index (χ4v) is 22.8. The Morgan fingerprint density at radius 1 is 0.225 bits per heavy atom. The zero-order chi connectivity index (χ0) is 99.6. The van der Waals surface area contributed by atoms with Crippen LogP contribution in [-0.4, -0.2) is 108 Å². The van der Waals surface area contributed by atoms with Crippen LogP contribution in [0.4, 0.5) is 0 Å². The Balaban J connectivity index is 0.00000204. The van der Waals surface area contributed by atoms with E-state index in [-0.39, 0.29) is 48.6 Å². The minimum Gasteiger partial charge on any atom is -0.493 e. The van der Waals surface area contributed by atoms with Crippen LogP contribution in [0, 0.1) is 11.8 Å². The molecule has 9 aromatic carbocycles. The lowest BCUT2D eigenvalue weighted by atomic mass is 9.75. The van der Waals surface area contributed by atoms with Crippen LogP contribution >= 0.6 is 69.6 Å². The van der Waals surface area contributed by atoms with Crippen molar-refractivity contribution in [3.8, 4) is 90.5 Å². The molecule has 142 heavy (non-hydrogen) atoms. The van der Waals surface area contributed by atoms with Crippen molar-refractivity contribution in [2.24, 2.45) is 11.8 Å². The Labute approximate surface area is 880 Å². The number of alkyl halides is 6. The average molecular weight is 2060 g/mol. The predicted molar refractivity (Wildman–Crippen MR) is 595 cm³/mol. The van der Waals surface area contributed by atoms with Gasteiger partial charge in [-0.05, 0) is 194 Å². The minimum absolute atomic E-state index is 0.0234. The van der Waals surface area contributed by atoms with Gasteiger partial charge < -0.3 is 37.9 Å². The fourth-order valence-electron chi connectivity index (χ4n) is 22.8. The molecule has 0 unspecified atom stereocenters. The van der Waals surface area contributed by atoms with Crippen molar-refractivity contribution < 1.29 is 57.1 Å². The molecule has 2 atom stereocenters. The molecule has 9 aromatic rings. The Bertz CT molecular complexity index is 4700. The van der Waals surface area contributed by atoms with E-state index in [1.54, 1.807) is 9.80 Å². The predicted octanol–water partition coefficient (Wildman–Crippen LogP) is 37.8. The third-order valence-electron chi connectivity index (χ3n) is 30.2. The van der Waals surface area contributed by atoms with E-state index in [9.17, 15) is 0 Å². The molecule has 0 aromatic heterocycles. The Morgan fingerprint density at radius 2 is 0.387 bits per heavy atom. The second-order valence-electron chi connectivity index (χ2n) is 41.0. The summed E-state index contributed by atoms with van der Waals surface area (Å²) in [6, 6.07) is 33.6. The second kappa shape index (κ2) is 60.9. The van der Waals surface area contributed by atoms with Crippen molar-refractivity contribution in [1.29, 1.82) is 0 Å². The molecule has 6 heterocycles. The molecular weight excluding hydrogens is 1900 g/mol. The van der Waals surface area contributed by atoms with Crippen LogP contribution in [0.2, 0.25) is 0 Å². The molecule has 0 aliphatic carbocycles. The minimum atomic E-state index is -0.750. The maximum Gasteiger partial charge on any atom is 0.262 e. The third-order valence-corrected chi connectivity index (χ3v) is 30.2. The number of hydrogen-bond acceptors (Lipinski definition) is 12. The molecule has 776 valence electrons. The monoisotopic (exact) mass is 2060 g/mol. The molecule has 15 rings (SSSR count). The van der Waals surface area contributed by atoms with Crippen LogP contribution in [-0.2, 0) is 0 Å². The van der Waals surface area contributed by atoms with E-state index in [2.05, 4.69) is 100 Å². The van der Waals surface area contributed by atoms with Crippen molar-refractivity contribution in [1.82, 2.24) is 9.80 Å². The summed E-state index contributed by atoms with van der Waals surface area (Å²) in [5.74, 6) is 3.40. The number of imide groups is 2. The molecule has 6 aliphatic heterocycles. The van der Waals surface area contributed by atoms with Gasteiger partial charge in [-0.25, -0.2) is 0 Å². The molecular formula is C122H164Cl6N2O12. The topological polar surface area (TPSA) is 149 Å². The zero-order valence-corrected chi connectivity index (χ0v) is 90.8. The van der Waals surface area contributed by atoms with Gasteiger partial charge >= 0.3 is 0 Å². The number of halogens is 6. The number of rotatable bonds is 36. The first-order valence-corrected chi connectivity index (χ1v) is 58.8. The summed E-state index contributed by atoms with van der Waals surface area (Å²) in [5.41, 5.74) is 6.57. The number of carbonyl (C=O) groups is 4. The summed E-state index contributed by atoms with van der Waals surface area (Å²) in [5, 5.41) is 5.42. The number of ether oxygens (including phenoxy) is 8. The van der Waals surface area contributed by atoms with E-state index in [4.69, 9.17) is 108 Å². The van der Waals surface area contributed by atoms with E-state index < -0.39 is 8.59 Å². The maximum absolute atomic E-state index is 18.0. The summed E-state index contributed by atoms with van der Waals surface area (Å²) < 4.78 is 57.4. The highest BCUT2D eigenvalue weighted by molar-refractivity contribution is 6.63. The lowest BCUT2D eigenvalue weighted by molar-refractivity contribution is 0.0563. The second-order valence-corrected chi connectivity index (χ2v) is 44.9. The molecule has 14 nitrogen and oxygen atoms in total. The van der Waals surface area contributed by atoms with Crippen LogP contribution in [0.5, 0.6) is 46.0 Å². The van der Waals surface area contributed by atoms with E-state index in [1.165, 1.54) is 103 Å². The number of hydrogen-bond donors (Lipinski definition) is 0. The molecule has 4 amide bonds. The molecule has 0 saturated heterocycles. The van der Waals surface area contributed by atoms with Gasteiger partial charge in [0.1, 0.15) is 46.0 Å². The Hall–Kier alpha value is -7.30. The lowest BCUT2D eigenvalue weighted by Crippen LogP contribution is -2.44. The number of amides is 4. The standard InChI is InChI=1S/C120H162N2O12.2CHCl3/c1-5-9-13-17-21-23-35-47-63-87(61-45-33-19-15-11-7-3)85-121-117(123)111-93-81-89-91-83-95-109-101-69-59-70-102(109)132-78-54-42-30-32-44-56-80-134-104-72-60-71-103(133-79-55-43-31-29-41-53-77-131-101)110(104)96-84-92(106(91)116-113(95)119(125)122(120(126)114(96)116)86-88(62-46-34-20-16-12-8-4)64-48-36-24-22-18-14-10-6-2)90-82-94(112(118(121)124)115(111)105(89)90)108-98-66-58-68-100(108)130-76-52-40-28-27-39-51-75-129-99-67-57-65-97(107(93)99)127-73-49-37-25-26-38-50-74-128-98;2*2-1(3)4/h57-60,65-72,81-84,87-88H,5-56,61-64,73-80,85-86H2,1-4H3;2*1H/t87-,88+;;. The SMILES string of the molecule is CCCCCCCCCC[C@@H](CCCCCCCC)CN1C(=O)c2c3cc4c5cc6c7c8c(c(cc(c9cc(c(c2c49)C1=O)-c1c2cccc1OCCCCCCCCOc1cccc(c1-3)OCCCCCCCCO2)c85)-c1c2cccc1OCCCCCCCCOc1cccc(c1-6)OCCCCCCCCO2)C(=O)N(C[C@@H](CCCCCCCC)CCCCCCCCCC)C7=O.ClC(Cl)Cl.ClC(Cl)Cl. The lowest BCUT2D eigenvalue weighted by Gasteiger charge is -2.36. The van der Waals surface area contributed by atoms with Crippen molar-refractivity contribution in [3.63, 3.8) is 0 Å². The largest absolute Gasteiger partial charge is 0.493 e. The van der Waals surface area contributed by atoms with Crippen LogP contribution in [0.25, 0.3) is 87.6 Å². The molecule has 0 N–H and O–H groups in total. The molecule has 0 spiro atoms. The van der Waals surface area contributed by atoms with E-state index in [0.717, 1.165) is 278 Å². The van der Waals surface area contributed by atoms with Gasteiger partial charge in [0.15, 0.2) is 8.59 Å². The summed E-state index contributed by atoms with van der Waals surface area (Å²) in [4.78, 5) is 75.4. The van der Waals surface area contributed by atoms with Gasteiger partial charge in [-0.2, -0.15) is 0 Å². The summed E-state index contributed by atoms with van der Waals surface area (Å²) in [6.07, 6.45) is 58.7.